The maximum Gasteiger partial charge on any atom is 0.357 e. The topological polar surface area (TPSA) is 146 Å². The number of nitrogens with two attached hydrogens (primary N) is 1. The summed E-state index contributed by atoms with van der Waals surface area (Å²) < 4.78 is 26.3. The van der Waals surface area contributed by atoms with Crippen molar-refractivity contribution in [3.05, 3.63) is 11.4 Å². The van der Waals surface area contributed by atoms with E-state index >= 15 is 0 Å². The molecule has 4 N–H and O–H groups in total. The summed E-state index contributed by atoms with van der Waals surface area (Å²) in [5, 5.41) is 14.9. The number of nitrogens with zero attached hydrogens (tertiary/aromatic N) is 2. The first-order valence-corrected chi connectivity index (χ1v) is 7.77. The normalized spacial score (nSPS) is 20.3. The molecule has 0 radical (unpaired) electrons. The van der Waals surface area contributed by atoms with E-state index in [1.807, 2.05) is 0 Å². The zero-order valence-electron chi connectivity index (χ0n) is 11.4. The number of primary amides is 1. The maximum absolute atomic E-state index is 12.6. The predicted molar refractivity (Wildman–Crippen MR) is 71.0 cm³/mol. The average Bonchev–Trinajstić information content (AvgIpc) is 2.81. The summed E-state index contributed by atoms with van der Waals surface area (Å²) in [6.07, 6.45) is 1.02. The number of carboxylic acids is 1. The van der Waals surface area contributed by atoms with Gasteiger partial charge in [0, 0.05) is 13.1 Å². The molecule has 1 aliphatic heterocycles. The minimum absolute atomic E-state index is 0.0403. The van der Waals surface area contributed by atoms with Crippen molar-refractivity contribution in [3.8, 4) is 0 Å². The van der Waals surface area contributed by atoms with Crippen LogP contribution in [0, 0.1) is 12.8 Å². The highest BCUT2D eigenvalue weighted by Gasteiger charge is 2.37. The van der Waals surface area contributed by atoms with Crippen molar-refractivity contribution in [2.75, 3.05) is 13.1 Å². The van der Waals surface area contributed by atoms with E-state index in [-0.39, 0.29) is 23.7 Å². The number of hydrogen-bond donors (Lipinski definition) is 3. The van der Waals surface area contributed by atoms with Gasteiger partial charge in [-0.2, -0.15) is 9.40 Å². The molecule has 116 valence electrons. The molecule has 0 spiro atoms. The highest BCUT2D eigenvalue weighted by atomic mass is 32.2. The minimum Gasteiger partial charge on any atom is -0.476 e. The van der Waals surface area contributed by atoms with Gasteiger partial charge in [-0.1, -0.05) is 0 Å². The number of aromatic amines is 1. The number of aromatic nitrogens is 2. The third-order valence-corrected chi connectivity index (χ3v) is 5.50. The lowest BCUT2D eigenvalue weighted by Crippen LogP contribution is -2.44. The van der Waals surface area contributed by atoms with Crippen molar-refractivity contribution < 1.29 is 23.1 Å². The fraction of sp³-hybridized carbons (Fsp3) is 0.545. The van der Waals surface area contributed by atoms with Crippen LogP contribution in [0.5, 0.6) is 0 Å². The molecule has 1 atom stereocenters. The van der Waals surface area contributed by atoms with Gasteiger partial charge in [0.25, 0.3) is 0 Å². The third-order valence-electron chi connectivity index (χ3n) is 3.48. The third kappa shape index (κ3) is 2.76. The van der Waals surface area contributed by atoms with Crippen LogP contribution in [0.25, 0.3) is 0 Å². The molecule has 0 aliphatic carbocycles. The molecular weight excluding hydrogens is 300 g/mol. The quantitative estimate of drug-likeness (QED) is 0.669. The molecule has 1 amide bonds. The van der Waals surface area contributed by atoms with Crippen molar-refractivity contribution in [2.24, 2.45) is 11.7 Å². The van der Waals surface area contributed by atoms with Gasteiger partial charge in [0.1, 0.15) is 4.90 Å². The molecular formula is C11H16N4O5S. The number of sulfonamides is 1. The summed E-state index contributed by atoms with van der Waals surface area (Å²) >= 11 is 0. The molecule has 2 heterocycles. The summed E-state index contributed by atoms with van der Waals surface area (Å²) in [5.74, 6) is -2.55. The lowest BCUT2D eigenvalue weighted by atomic mass is 9.99. The number of H-pyrrole nitrogens is 1. The number of aryl methyl sites for hydroxylation is 1. The Kier molecular flexibility index (Phi) is 4.01. The van der Waals surface area contributed by atoms with E-state index in [4.69, 9.17) is 10.8 Å². The number of carbonyl (C=O) groups is 2. The van der Waals surface area contributed by atoms with Crippen LogP contribution < -0.4 is 5.73 Å². The number of amides is 1. The molecule has 9 nitrogen and oxygen atoms in total. The fourth-order valence-electron chi connectivity index (χ4n) is 2.40. The van der Waals surface area contributed by atoms with E-state index in [2.05, 4.69) is 10.2 Å². The Hall–Kier alpha value is -1.94. The molecule has 10 heteroatoms. The molecule has 0 bridgehead atoms. The number of piperidine rings is 1. The molecule has 21 heavy (non-hydrogen) atoms. The predicted octanol–water partition coefficient (Wildman–Crippen LogP) is -0.698. The molecule has 1 unspecified atom stereocenters. The van der Waals surface area contributed by atoms with Crippen molar-refractivity contribution in [1.29, 1.82) is 0 Å². The van der Waals surface area contributed by atoms with Crippen molar-refractivity contribution in [2.45, 2.75) is 24.7 Å². The van der Waals surface area contributed by atoms with Crippen LogP contribution in [0.1, 0.15) is 29.0 Å². The van der Waals surface area contributed by atoms with E-state index in [0.29, 0.717) is 12.8 Å². The van der Waals surface area contributed by atoms with E-state index in [9.17, 15) is 18.0 Å². The monoisotopic (exact) mass is 316 g/mol. The first-order valence-electron chi connectivity index (χ1n) is 6.33. The minimum atomic E-state index is -4.04. The van der Waals surface area contributed by atoms with E-state index in [0.717, 1.165) is 4.31 Å². The molecule has 1 fully saturated rings. The Morgan fingerprint density at radius 1 is 1.48 bits per heavy atom. The van der Waals surface area contributed by atoms with Gasteiger partial charge >= 0.3 is 5.97 Å². The molecule has 0 saturated carbocycles. The highest BCUT2D eigenvalue weighted by molar-refractivity contribution is 7.89. The van der Waals surface area contributed by atoms with Gasteiger partial charge in [-0.05, 0) is 19.8 Å². The highest BCUT2D eigenvalue weighted by Crippen LogP contribution is 2.27. The van der Waals surface area contributed by atoms with Crippen LogP contribution in [0.2, 0.25) is 0 Å². The fourth-order valence-corrected chi connectivity index (χ4v) is 4.22. The van der Waals surface area contributed by atoms with Crippen LogP contribution in [-0.4, -0.2) is 53.0 Å². The zero-order valence-corrected chi connectivity index (χ0v) is 12.2. The Bertz CT molecular complexity index is 681. The van der Waals surface area contributed by atoms with Gasteiger partial charge in [0.05, 0.1) is 11.6 Å². The Morgan fingerprint density at radius 3 is 2.71 bits per heavy atom. The Balaban J connectivity index is 2.41. The molecule has 1 aromatic heterocycles. The smallest absolute Gasteiger partial charge is 0.357 e. The lowest BCUT2D eigenvalue weighted by molar-refractivity contribution is -0.122. The zero-order chi connectivity index (χ0) is 15.8. The van der Waals surface area contributed by atoms with Crippen LogP contribution >= 0.6 is 0 Å². The Labute approximate surface area is 121 Å². The number of carboxylic acid groups (broad SMARTS) is 1. The van der Waals surface area contributed by atoms with Crippen LogP contribution in [0.3, 0.4) is 0 Å². The van der Waals surface area contributed by atoms with Gasteiger partial charge in [0.2, 0.25) is 15.9 Å². The number of aromatic carboxylic acids is 1. The average molecular weight is 316 g/mol. The molecule has 1 aromatic rings. The first-order chi connectivity index (χ1) is 9.75. The van der Waals surface area contributed by atoms with Crippen molar-refractivity contribution in [1.82, 2.24) is 14.5 Å². The number of nitrogens with one attached hydrogen (secondary N) is 1. The lowest BCUT2D eigenvalue weighted by Gasteiger charge is -2.30. The summed E-state index contributed by atoms with van der Waals surface area (Å²) in [6.45, 7) is 1.61. The molecule has 1 aliphatic rings. The van der Waals surface area contributed by atoms with Gasteiger partial charge < -0.3 is 10.8 Å². The van der Waals surface area contributed by atoms with Crippen molar-refractivity contribution in [3.63, 3.8) is 0 Å². The van der Waals surface area contributed by atoms with Crippen LogP contribution in [-0.2, 0) is 14.8 Å². The van der Waals surface area contributed by atoms with Gasteiger partial charge in [0.15, 0.2) is 5.69 Å². The van der Waals surface area contributed by atoms with E-state index in [1.165, 1.54) is 6.92 Å². The number of carbonyl (C=O) groups excluding carboxylic acids is 1. The van der Waals surface area contributed by atoms with Crippen LogP contribution in [0.4, 0.5) is 0 Å². The second kappa shape index (κ2) is 5.45. The van der Waals surface area contributed by atoms with Gasteiger partial charge in [-0.15, -0.1) is 0 Å². The number of rotatable bonds is 4. The standard InChI is InChI=1S/C11H16N4O5S/c1-6-9(8(11(17)18)14-13-6)21(19,20)15-4-2-3-7(5-15)10(12)16/h7H,2-5H2,1H3,(H2,12,16)(H,13,14)(H,17,18). The SMILES string of the molecule is Cc1[nH]nc(C(=O)O)c1S(=O)(=O)N1CCCC(C(N)=O)C1. The van der Waals surface area contributed by atoms with E-state index < -0.39 is 33.5 Å². The summed E-state index contributed by atoms with van der Waals surface area (Å²) in [5.41, 5.74) is 4.83. The second-order valence-corrected chi connectivity index (χ2v) is 6.81. The second-order valence-electron chi connectivity index (χ2n) is 4.94. The van der Waals surface area contributed by atoms with Crippen molar-refractivity contribution >= 4 is 21.9 Å². The van der Waals surface area contributed by atoms with Gasteiger partial charge in [-0.25, -0.2) is 13.2 Å². The van der Waals surface area contributed by atoms with E-state index in [1.54, 1.807) is 0 Å². The summed E-state index contributed by atoms with van der Waals surface area (Å²) in [4.78, 5) is 22.0. The molecule has 1 saturated heterocycles. The van der Waals surface area contributed by atoms with Crippen LogP contribution in [0.15, 0.2) is 4.90 Å². The van der Waals surface area contributed by atoms with Gasteiger partial charge in [-0.3, -0.25) is 9.89 Å². The summed E-state index contributed by atoms with van der Waals surface area (Å²) in [6, 6.07) is 0. The largest absolute Gasteiger partial charge is 0.476 e. The molecule has 2 rings (SSSR count). The summed E-state index contributed by atoms with van der Waals surface area (Å²) in [7, 11) is -4.04. The Morgan fingerprint density at radius 2 is 2.14 bits per heavy atom. The maximum atomic E-state index is 12.6. The number of hydrogen-bond acceptors (Lipinski definition) is 5. The first kappa shape index (κ1) is 15.4. The molecule has 0 aromatic carbocycles.